The number of anilines is 2. The first-order valence-corrected chi connectivity index (χ1v) is 32.7. The number of amides is 8. The summed E-state index contributed by atoms with van der Waals surface area (Å²) < 4.78 is 35.0. The number of unbranched alkanes of at least 4 members (excludes halogenated alkanes) is 2. The van der Waals surface area contributed by atoms with E-state index in [1.54, 1.807) is 70.2 Å². The number of nitrogens with zero attached hydrogens (tertiary/aromatic N) is 3. The molecule has 0 unspecified atom stereocenters. The average molecular weight is 1420 g/mol. The standard InChI is InChI=1S/C63H84Br2ClN9O16/c1-34(2)53(72-50(76)19-12-11-13-25-88-59(82)41(32-64)33-65)56(79)70-43(17-15-24-68-60(67)83)55(78)71-49-23-21-39-29-40(20-22-42(39)69-49)57(80)74(7)37(5)58(81)90-48-30-51(77)75(8)44-27-38(28-45(86-9)52(44)66)26-35(3)16-14-18-47(87-10)63(85)31-46(89-61(84)73-63)36(4)54-62(48,6)91-54/h14,16,18,20-23,27-29,34,36-37,41,43,46-48,53-54,85H,11-13,15,17,19,24-26,30-33H2,1-10H3,(H,70,79)(H,72,76)(H,73,84)(H3,67,68,83)(H,69,71,78)/b18-14+,35-16+/t36-,37+,43+,46+,47-,48+,53+,54+,62+,63+/m1/s1. The summed E-state index contributed by atoms with van der Waals surface area (Å²) in [5, 5.41) is 26.8. The first-order valence-electron chi connectivity index (χ1n) is 30.1. The van der Waals surface area contributed by atoms with Crippen LogP contribution >= 0.6 is 43.5 Å². The van der Waals surface area contributed by atoms with Crippen LogP contribution in [0.3, 0.4) is 0 Å². The lowest BCUT2D eigenvalue weighted by atomic mass is 9.83. The second kappa shape index (κ2) is 33.1. The molecule has 2 aromatic carbocycles. The largest absolute Gasteiger partial charge is 0.495 e. The number of aromatic nitrogens is 1. The van der Waals surface area contributed by atoms with Gasteiger partial charge in [0.15, 0.2) is 5.72 Å². The molecule has 3 aliphatic rings. The summed E-state index contributed by atoms with van der Waals surface area (Å²) in [6.45, 7) is 10.6. The van der Waals surface area contributed by atoms with Crippen molar-refractivity contribution in [3.05, 3.63) is 82.4 Å². The number of primary amides is 1. The number of carbonyl (C=O) groups excluding carboxylic acids is 9. The molecule has 91 heavy (non-hydrogen) atoms. The van der Waals surface area contributed by atoms with E-state index < -0.39 is 108 Å². The third-order valence-corrected chi connectivity index (χ3v) is 18.4. The fourth-order valence-electron chi connectivity index (χ4n) is 10.8. The lowest BCUT2D eigenvalue weighted by Gasteiger charge is -2.42. The Morgan fingerprint density at radius 1 is 0.978 bits per heavy atom. The highest BCUT2D eigenvalue weighted by molar-refractivity contribution is 9.09. The Bertz CT molecular complexity index is 3230. The monoisotopic (exact) mass is 1420 g/mol. The first-order chi connectivity index (χ1) is 43.1. The van der Waals surface area contributed by atoms with Gasteiger partial charge in [-0.15, -0.1) is 0 Å². The summed E-state index contributed by atoms with van der Waals surface area (Å²) in [6, 6.07) is 7.09. The fraction of sp³-hybridized carbons (Fsp3) is 0.556. The number of carbonyl (C=O) groups is 9. The van der Waals surface area contributed by atoms with Crippen molar-refractivity contribution in [2.75, 3.05) is 62.3 Å². The Balaban J connectivity index is 1.15. The molecule has 28 heteroatoms. The summed E-state index contributed by atoms with van der Waals surface area (Å²) in [5.74, 6) is -4.81. The normalized spacial score (nSPS) is 23.6. The number of hydrogen-bond donors (Lipinski definition) is 7. The number of halogens is 3. The summed E-state index contributed by atoms with van der Waals surface area (Å²) >= 11 is 13.4. The van der Waals surface area contributed by atoms with Crippen LogP contribution in [0.25, 0.3) is 10.9 Å². The van der Waals surface area contributed by atoms with Crippen molar-refractivity contribution in [3.63, 3.8) is 0 Å². The van der Waals surface area contributed by atoms with E-state index in [9.17, 15) is 48.3 Å². The number of alkyl carbamates (subject to hydrolysis) is 1. The Labute approximate surface area is 551 Å². The van der Waals surface area contributed by atoms with E-state index in [0.717, 1.165) is 11.1 Å². The van der Waals surface area contributed by atoms with Gasteiger partial charge >= 0.3 is 24.1 Å². The summed E-state index contributed by atoms with van der Waals surface area (Å²) in [7, 11) is 5.82. The highest BCUT2D eigenvalue weighted by atomic mass is 79.9. The van der Waals surface area contributed by atoms with E-state index in [1.165, 1.54) is 57.2 Å². The van der Waals surface area contributed by atoms with Gasteiger partial charge in [-0.1, -0.05) is 88.0 Å². The smallest absolute Gasteiger partial charge is 0.409 e. The quantitative estimate of drug-likeness (QED) is 0.0149. The van der Waals surface area contributed by atoms with Gasteiger partial charge in [0.1, 0.15) is 58.6 Å². The topological polar surface area (TPSA) is 338 Å². The lowest BCUT2D eigenvalue weighted by molar-refractivity contribution is -0.158. The molecule has 6 rings (SSSR count). The second-order valence-corrected chi connectivity index (χ2v) is 25.3. The fourth-order valence-corrected chi connectivity index (χ4v) is 12.7. The van der Waals surface area contributed by atoms with Gasteiger partial charge in [0.2, 0.25) is 23.6 Å². The average Bonchev–Trinajstić information content (AvgIpc) is 1.58. The van der Waals surface area contributed by atoms with Gasteiger partial charge in [0, 0.05) is 68.1 Å². The molecule has 3 aliphatic heterocycles. The van der Waals surface area contributed by atoms with Gasteiger partial charge in [-0.05, 0) is 113 Å². The van der Waals surface area contributed by atoms with Crippen molar-refractivity contribution in [1.82, 2.24) is 31.2 Å². The summed E-state index contributed by atoms with van der Waals surface area (Å²) in [6.07, 6.45) is 2.15. The molecule has 8 N–H and O–H groups in total. The van der Waals surface area contributed by atoms with Gasteiger partial charge in [0.25, 0.3) is 5.91 Å². The van der Waals surface area contributed by atoms with Crippen LogP contribution in [0.1, 0.15) is 109 Å². The van der Waals surface area contributed by atoms with Crippen molar-refractivity contribution in [2.45, 2.75) is 153 Å². The maximum atomic E-state index is 14.5. The zero-order valence-corrected chi connectivity index (χ0v) is 56.8. The number of nitrogens with two attached hydrogens (primary N) is 1. The number of urea groups is 1. The van der Waals surface area contributed by atoms with E-state index in [4.69, 9.17) is 45.8 Å². The van der Waals surface area contributed by atoms with Crippen LogP contribution in [-0.2, 0) is 58.9 Å². The number of rotatable bonds is 25. The highest BCUT2D eigenvalue weighted by Gasteiger charge is 2.64. The molecular weight excluding hydrogens is 1330 g/mol. The second-order valence-electron chi connectivity index (χ2n) is 23.7. The minimum absolute atomic E-state index is 0.0600. The van der Waals surface area contributed by atoms with Gasteiger partial charge in [-0.3, -0.25) is 34.1 Å². The summed E-state index contributed by atoms with van der Waals surface area (Å²) in [4.78, 5) is 128. The molecule has 0 radical (unpaired) electrons. The van der Waals surface area contributed by atoms with Gasteiger partial charge in [-0.2, -0.15) is 0 Å². The molecule has 2 saturated heterocycles. The van der Waals surface area contributed by atoms with Gasteiger partial charge in [0.05, 0.1) is 43.4 Å². The molecule has 25 nitrogen and oxygen atoms in total. The Hall–Kier alpha value is -6.91. The lowest BCUT2D eigenvalue weighted by Crippen LogP contribution is -2.63. The van der Waals surface area contributed by atoms with Crippen LogP contribution < -0.4 is 42.0 Å². The van der Waals surface area contributed by atoms with E-state index in [0.29, 0.717) is 58.7 Å². The number of pyridine rings is 1. The molecule has 498 valence electrons. The van der Waals surface area contributed by atoms with Gasteiger partial charge in [-0.25, -0.2) is 19.4 Å². The Morgan fingerprint density at radius 3 is 2.37 bits per heavy atom. The van der Waals surface area contributed by atoms with Crippen molar-refractivity contribution in [2.24, 2.45) is 23.5 Å². The number of nitrogens with one attached hydrogen (secondary N) is 5. The summed E-state index contributed by atoms with van der Waals surface area (Å²) in [5.41, 5.74) is 4.47. The SMILES string of the molecule is COc1cc2cc(c1Cl)N(C)C(=O)C[C@H](OC(=O)[C@H](C)N(C)C(=O)c1ccc3nc(NC(=O)[C@H](CCCNC(N)=O)NC(=O)[C@@H](NC(=O)CCCCCOC(=O)C(CBr)CBr)C(C)C)ccc3c1)[C@]1(C)O[C@H]1[C@H](C)[C@@H]1C[C@@](O)(NC(=O)O1)[C@H](OC)/C=C/C=C(\C)C2. The van der Waals surface area contributed by atoms with Crippen molar-refractivity contribution < 1.29 is 76.7 Å². The van der Waals surface area contributed by atoms with Crippen LogP contribution in [0.15, 0.2) is 66.3 Å². The number of epoxide rings is 1. The van der Waals surface area contributed by atoms with Crippen molar-refractivity contribution >= 4 is 119 Å². The Morgan fingerprint density at radius 2 is 1.70 bits per heavy atom. The van der Waals surface area contributed by atoms with Crippen LogP contribution in [0, 0.1) is 17.8 Å². The number of hydrogen-bond acceptors (Lipinski definition) is 17. The number of likely N-dealkylation sites (N-methyl/N-ethyl adjacent to an activating group) is 1. The zero-order valence-electron chi connectivity index (χ0n) is 52.9. The van der Waals surface area contributed by atoms with Gasteiger partial charge < -0.3 is 70.3 Å². The maximum Gasteiger partial charge on any atom is 0.409 e. The van der Waals surface area contributed by atoms with Crippen LogP contribution in [0.5, 0.6) is 5.75 Å². The molecule has 4 bridgehead atoms. The van der Waals surface area contributed by atoms with Crippen LogP contribution in [0.4, 0.5) is 21.1 Å². The predicted molar refractivity (Wildman–Crippen MR) is 347 cm³/mol. The predicted octanol–water partition coefficient (Wildman–Crippen LogP) is 6.90. The number of fused-ring (bicyclic) bond motifs is 6. The van der Waals surface area contributed by atoms with E-state index in [1.807, 2.05) is 13.0 Å². The number of aliphatic hydroxyl groups is 1. The maximum absolute atomic E-state index is 14.5. The highest BCUT2D eigenvalue weighted by Crippen LogP contribution is 2.49. The zero-order chi connectivity index (χ0) is 67.1. The number of methoxy groups -OCH3 is 2. The molecule has 4 heterocycles. The molecule has 0 saturated carbocycles. The van der Waals surface area contributed by atoms with E-state index in [2.05, 4.69) is 63.4 Å². The molecule has 8 amide bonds. The minimum atomic E-state index is -1.91. The molecule has 0 spiro atoms. The number of benzene rings is 2. The van der Waals surface area contributed by atoms with Crippen LogP contribution in [0.2, 0.25) is 5.02 Å². The van der Waals surface area contributed by atoms with Crippen molar-refractivity contribution in [3.8, 4) is 5.75 Å². The van der Waals surface area contributed by atoms with E-state index >= 15 is 0 Å². The number of alkyl halides is 2. The third kappa shape index (κ3) is 19.3. The first kappa shape index (κ1) is 73.1. The minimum Gasteiger partial charge on any atom is -0.495 e. The molecule has 10 atom stereocenters. The number of allylic oxidation sites excluding steroid dienone is 3. The molecule has 0 aliphatic carbocycles. The molecule has 2 fully saturated rings. The van der Waals surface area contributed by atoms with Crippen molar-refractivity contribution in [1.29, 1.82) is 0 Å². The Kier molecular flexibility index (Phi) is 26.6. The molecular formula is C63H84Br2ClN9O16. The van der Waals surface area contributed by atoms with E-state index in [-0.39, 0.29) is 79.0 Å². The number of ether oxygens (including phenoxy) is 6. The van der Waals surface area contributed by atoms with Crippen LogP contribution in [-0.4, -0.2) is 175 Å². The molecule has 1 aromatic heterocycles. The number of esters is 2. The third-order valence-electron chi connectivity index (χ3n) is 16.5. The molecule has 3 aromatic rings.